The molecular formula is C16H12FN3O. The Bertz CT molecular complexity index is 864. The number of aromatic nitrogens is 2. The van der Waals surface area contributed by atoms with E-state index in [9.17, 15) is 4.39 Å². The lowest BCUT2D eigenvalue weighted by atomic mass is 10.1. The van der Waals surface area contributed by atoms with Crippen LogP contribution in [0.3, 0.4) is 0 Å². The third-order valence-electron chi connectivity index (χ3n) is 3.67. The predicted octanol–water partition coefficient (Wildman–Crippen LogP) is 3.05. The van der Waals surface area contributed by atoms with Gasteiger partial charge in [0.1, 0.15) is 11.6 Å². The van der Waals surface area contributed by atoms with E-state index >= 15 is 0 Å². The van der Waals surface area contributed by atoms with Crippen LogP contribution < -0.4 is 5.73 Å². The molecule has 0 amide bonds. The largest absolute Gasteiger partial charge is 0.383 e. The molecule has 0 saturated heterocycles. The zero-order valence-corrected chi connectivity index (χ0v) is 11.1. The zero-order valence-electron chi connectivity index (χ0n) is 11.1. The lowest BCUT2D eigenvalue weighted by Gasteiger charge is -2.07. The fraction of sp³-hybridized carbons (Fsp3) is 0.125. The van der Waals surface area contributed by atoms with Gasteiger partial charge in [-0.2, -0.15) is 0 Å². The maximum Gasteiger partial charge on any atom is 0.162 e. The molecule has 1 aliphatic heterocycles. The molecule has 2 heterocycles. The molecule has 0 spiro atoms. The molecule has 0 bridgehead atoms. The maximum atomic E-state index is 13.4. The number of anilines is 1. The molecule has 0 unspecified atom stereocenters. The average Bonchev–Trinajstić information content (AvgIpc) is 2.94. The van der Waals surface area contributed by atoms with Crippen LogP contribution in [-0.4, -0.2) is 9.97 Å². The lowest BCUT2D eigenvalue weighted by molar-refractivity contribution is 0.134. The number of halogens is 1. The van der Waals surface area contributed by atoms with Crippen LogP contribution in [-0.2, 0) is 18.0 Å². The fourth-order valence-corrected chi connectivity index (χ4v) is 2.57. The molecule has 4 nitrogen and oxygen atoms in total. The van der Waals surface area contributed by atoms with E-state index in [1.165, 1.54) is 17.7 Å². The molecule has 1 aliphatic rings. The second-order valence-corrected chi connectivity index (χ2v) is 5.07. The van der Waals surface area contributed by atoms with Gasteiger partial charge >= 0.3 is 0 Å². The van der Waals surface area contributed by atoms with Crippen molar-refractivity contribution < 1.29 is 9.13 Å². The summed E-state index contributed by atoms with van der Waals surface area (Å²) in [6, 6.07) is 10.3. The predicted molar refractivity (Wildman–Crippen MR) is 77.8 cm³/mol. The van der Waals surface area contributed by atoms with Crippen molar-refractivity contribution >= 4 is 16.7 Å². The van der Waals surface area contributed by atoms with Crippen LogP contribution >= 0.6 is 0 Å². The summed E-state index contributed by atoms with van der Waals surface area (Å²) < 4.78 is 18.8. The standard InChI is InChI=1S/C16H12FN3O/c17-12-3-4-13-14(6-12)19-16(20-15(13)18)9-1-2-10-7-21-8-11(10)5-9/h1-6H,7-8H2,(H2,18,19,20). The fourth-order valence-electron chi connectivity index (χ4n) is 2.57. The lowest BCUT2D eigenvalue weighted by Crippen LogP contribution is -1.98. The van der Waals surface area contributed by atoms with Gasteiger partial charge in [0.25, 0.3) is 0 Å². The summed E-state index contributed by atoms with van der Waals surface area (Å²) in [5, 5.41) is 0.657. The Kier molecular flexibility index (Phi) is 2.62. The Morgan fingerprint density at radius 3 is 2.76 bits per heavy atom. The van der Waals surface area contributed by atoms with Crippen molar-refractivity contribution in [3.63, 3.8) is 0 Å². The Balaban J connectivity index is 1.90. The number of benzene rings is 2. The van der Waals surface area contributed by atoms with Gasteiger partial charge in [-0.1, -0.05) is 12.1 Å². The van der Waals surface area contributed by atoms with Gasteiger partial charge in [0, 0.05) is 17.0 Å². The highest BCUT2D eigenvalue weighted by molar-refractivity contribution is 5.89. The summed E-state index contributed by atoms with van der Waals surface area (Å²) >= 11 is 0. The molecule has 21 heavy (non-hydrogen) atoms. The van der Waals surface area contributed by atoms with Crippen molar-refractivity contribution in [2.24, 2.45) is 0 Å². The third kappa shape index (κ3) is 2.02. The molecule has 2 aromatic carbocycles. The number of ether oxygens (including phenoxy) is 1. The summed E-state index contributed by atoms with van der Waals surface area (Å²) in [7, 11) is 0. The van der Waals surface area contributed by atoms with Crippen molar-refractivity contribution in [2.75, 3.05) is 5.73 Å². The minimum Gasteiger partial charge on any atom is -0.383 e. The Labute approximate surface area is 120 Å². The molecule has 3 aromatic rings. The minimum absolute atomic E-state index is 0.339. The molecule has 2 N–H and O–H groups in total. The summed E-state index contributed by atoms with van der Waals surface area (Å²) in [6.07, 6.45) is 0. The van der Waals surface area contributed by atoms with E-state index in [4.69, 9.17) is 10.5 Å². The number of hydrogen-bond acceptors (Lipinski definition) is 4. The highest BCUT2D eigenvalue weighted by atomic mass is 19.1. The van der Waals surface area contributed by atoms with E-state index < -0.39 is 0 Å². The number of hydrogen-bond donors (Lipinski definition) is 1. The van der Waals surface area contributed by atoms with Crippen molar-refractivity contribution in [3.8, 4) is 11.4 Å². The first-order chi connectivity index (χ1) is 10.2. The molecule has 0 radical (unpaired) electrons. The van der Waals surface area contributed by atoms with Gasteiger partial charge in [-0.25, -0.2) is 14.4 Å². The topological polar surface area (TPSA) is 61.0 Å². The Hall–Kier alpha value is -2.53. The van der Waals surface area contributed by atoms with Gasteiger partial charge < -0.3 is 10.5 Å². The summed E-state index contributed by atoms with van der Waals surface area (Å²) in [5.41, 5.74) is 9.64. The zero-order chi connectivity index (χ0) is 14.4. The average molecular weight is 281 g/mol. The normalized spacial score (nSPS) is 13.6. The van der Waals surface area contributed by atoms with Gasteiger partial charge in [-0.3, -0.25) is 0 Å². The van der Waals surface area contributed by atoms with Gasteiger partial charge in [0.05, 0.1) is 18.7 Å². The van der Waals surface area contributed by atoms with Crippen LogP contribution in [0.15, 0.2) is 36.4 Å². The van der Waals surface area contributed by atoms with Crippen LogP contribution in [0.5, 0.6) is 0 Å². The van der Waals surface area contributed by atoms with E-state index in [1.54, 1.807) is 6.07 Å². The molecule has 4 rings (SSSR count). The first kappa shape index (κ1) is 12.2. The highest BCUT2D eigenvalue weighted by Crippen LogP contribution is 2.27. The van der Waals surface area contributed by atoms with Crippen molar-refractivity contribution in [3.05, 3.63) is 53.3 Å². The minimum atomic E-state index is -0.339. The van der Waals surface area contributed by atoms with Gasteiger partial charge in [0.15, 0.2) is 5.82 Å². The van der Waals surface area contributed by atoms with E-state index in [-0.39, 0.29) is 5.82 Å². The Morgan fingerprint density at radius 2 is 1.86 bits per heavy atom. The second kappa shape index (κ2) is 4.49. The molecule has 0 atom stereocenters. The number of fused-ring (bicyclic) bond motifs is 2. The van der Waals surface area contributed by atoms with Crippen molar-refractivity contribution in [2.45, 2.75) is 13.2 Å². The first-order valence-electron chi connectivity index (χ1n) is 6.63. The second-order valence-electron chi connectivity index (χ2n) is 5.07. The monoisotopic (exact) mass is 281 g/mol. The van der Waals surface area contributed by atoms with E-state index in [2.05, 4.69) is 9.97 Å². The molecule has 104 valence electrons. The van der Waals surface area contributed by atoms with Crippen molar-refractivity contribution in [1.82, 2.24) is 9.97 Å². The quantitative estimate of drug-likeness (QED) is 0.744. The SMILES string of the molecule is Nc1nc(-c2ccc3c(c2)COC3)nc2cc(F)ccc12. The van der Waals surface area contributed by atoms with Gasteiger partial charge in [-0.05, 0) is 29.3 Å². The molecule has 0 fully saturated rings. The number of nitrogens with two attached hydrogens (primary N) is 1. The van der Waals surface area contributed by atoms with Crippen LogP contribution in [0.1, 0.15) is 11.1 Å². The molecule has 0 saturated carbocycles. The van der Waals surface area contributed by atoms with Gasteiger partial charge in [0.2, 0.25) is 0 Å². The Morgan fingerprint density at radius 1 is 1.00 bits per heavy atom. The van der Waals surface area contributed by atoms with E-state index in [0.717, 1.165) is 11.1 Å². The molecule has 1 aromatic heterocycles. The summed E-state index contributed by atoms with van der Waals surface area (Å²) in [4.78, 5) is 8.75. The number of rotatable bonds is 1. The van der Waals surface area contributed by atoms with Crippen LogP contribution in [0.25, 0.3) is 22.3 Å². The maximum absolute atomic E-state index is 13.4. The molecular weight excluding hydrogens is 269 g/mol. The van der Waals surface area contributed by atoms with E-state index in [0.29, 0.717) is 35.8 Å². The highest BCUT2D eigenvalue weighted by Gasteiger charge is 2.14. The smallest absolute Gasteiger partial charge is 0.162 e. The molecule has 0 aliphatic carbocycles. The van der Waals surface area contributed by atoms with Crippen molar-refractivity contribution in [1.29, 1.82) is 0 Å². The number of nitrogens with zero attached hydrogens (tertiary/aromatic N) is 2. The first-order valence-corrected chi connectivity index (χ1v) is 6.63. The summed E-state index contributed by atoms with van der Waals surface area (Å²) in [5.74, 6) is 0.515. The van der Waals surface area contributed by atoms with Crippen LogP contribution in [0.2, 0.25) is 0 Å². The third-order valence-corrected chi connectivity index (χ3v) is 3.67. The van der Waals surface area contributed by atoms with Crippen LogP contribution in [0.4, 0.5) is 10.2 Å². The summed E-state index contributed by atoms with van der Waals surface area (Å²) in [6.45, 7) is 1.24. The van der Waals surface area contributed by atoms with Gasteiger partial charge in [-0.15, -0.1) is 0 Å². The number of nitrogen functional groups attached to an aromatic ring is 1. The molecule has 5 heteroatoms. The van der Waals surface area contributed by atoms with Crippen LogP contribution in [0, 0.1) is 5.82 Å². The van der Waals surface area contributed by atoms with E-state index in [1.807, 2.05) is 18.2 Å².